The van der Waals surface area contributed by atoms with Crippen LogP contribution in [-0.2, 0) is 11.2 Å². The fourth-order valence-electron chi connectivity index (χ4n) is 3.50. The number of benzene rings is 3. The molecule has 0 bridgehead atoms. The Labute approximate surface area is 164 Å². The fraction of sp³-hybridized carbons (Fsp3) is 0.125. The third kappa shape index (κ3) is 3.69. The quantitative estimate of drug-likeness (QED) is 0.424. The van der Waals surface area contributed by atoms with Gasteiger partial charge in [0.05, 0.1) is 4.75 Å². The highest BCUT2D eigenvalue weighted by Crippen LogP contribution is 2.48. The number of hydrogen-bond acceptors (Lipinski definition) is 2. The first-order valence-corrected chi connectivity index (χ1v) is 10.2. The van der Waals surface area contributed by atoms with Crippen LogP contribution in [0.5, 0.6) is 0 Å². The maximum absolute atomic E-state index is 4.39. The number of nitrogens with one attached hydrogen (secondary N) is 1. The zero-order valence-corrected chi connectivity index (χ0v) is 15.9. The van der Waals surface area contributed by atoms with Gasteiger partial charge >= 0.3 is 0 Å². The molecule has 3 aromatic carbocycles. The summed E-state index contributed by atoms with van der Waals surface area (Å²) in [7, 11) is 0. The van der Waals surface area contributed by atoms with Crippen LogP contribution in [-0.4, -0.2) is 15.7 Å². The van der Waals surface area contributed by atoms with Gasteiger partial charge in [0.1, 0.15) is 5.82 Å². The van der Waals surface area contributed by atoms with Crippen molar-refractivity contribution in [3.63, 3.8) is 0 Å². The number of aryl methyl sites for hydroxylation is 1. The highest BCUT2D eigenvalue weighted by molar-refractivity contribution is 8.00. The second-order valence-corrected chi connectivity index (χ2v) is 7.72. The van der Waals surface area contributed by atoms with E-state index in [0.717, 1.165) is 18.0 Å². The number of aromatic amines is 1. The summed E-state index contributed by atoms with van der Waals surface area (Å²) in [5, 5.41) is 0. The molecule has 134 valence electrons. The van der Waals surface area contributed by atoms with E-state index in [2.05, 4.69) is 101 Å². The van der Waals surface area contributed by atoms with Crippen molar-refractivity contribution >= 4 is 11.8 Å². The Morgan fingerprint density at radius 2 is 1.19 bits per heavy atom. The molecule has 0 radical (unpaired) electrons. The van der Waals surface area contributed by atoms with Crippen LogP contribution < -0.4 is 0 Å². The van der Waals surface area contributed by atoms with E-state index in [1.165, 1.54) is 16.7 Å². The van der Waals surface area contributed by atoms with Crippen LogP contribution in [0, 0.1) is 0 Å². The van der Waals surface area contributed by atoms with Gasteiger partial charge in [-0.05, 0) is 16.7 Å². The molecule has 0 aliphatic heterocycles. The highest BCUT2D eigenvalue weighted by Gasteiger charge is 2.36. The maximum Gasteiger partial charge on any atom is 0.106 e. The normalized spacial score (nSPS) is 11.4. The first-order chi connectivity index (χ1) is 13.4. The molecule has 0 atom stereocenters. The first kappa shape index (κ1) is 17.6. The van der Waals surface area contributed by atoms with Crippen LogP contribution >= 0.6 is 11.8 Å². The maximum atomic E-state index is 4.39. The molecule has 0 spiro atoms. The van der Waals surface area contributed by atoms with Crippen molar-refractivity contribution in [1.29, 1.82) is 0 Å². The molecule has 0 saturated carbocycles. The minimum atomic E-state index is -0.254. The van der Waals surface area contributed by atoms with E-state index >= 15 is 0 Å². The lowest BCUT2D eigenvalue weighted by Crippen LogP contribution is -2.26. The smallest absolute Gasteiger partial charge is 0.106 e. The standard InChI is InChI=1S/C24H22N2S/c1-4-10-20(11-5-1)24(21-12-6-2-7-13-21,22-14-8-3-9-15-22)27-19-16-23-25-17-18-26-23/h1-15,17-18H,16,19H2,(H,25,26). The summed E-state index contributed by atoms with van der Waals surface area (Å²) in [4.78, 5) is 7.60. The predicted molar refractivity (Wildman–Crippen MR) is 114 cm³/mol. The molecule has 1 heterocycles. The summed E-state index contributed by atoms with van der Waals surface area (Å²) in [6, 6.07) is 32.4. The van der Waals surface area contributed by atoms with Crippen molar-refractivity contribution < 1.29 is 0 Å². The molecule has 1 N–H and O–H groups in total. The Balaban J connectivity index is 1.81. The molecule has 4 aromatic rings. The predicted octanol–water partition coefficient (Wildman–Crippen LogP) is 5.68. The van der Waals surface area contributed by atoms with E-state index in [0.29, 0.717) is 0 Å². The van der Waals surface area contributed by atoms with Crippen molar-refractivity contribution in [2.45, 2.75) is 11.2 Å². The molecule has 4 rings (SSSR count). The van der Waals surface area contributed by atoms with E-state index in [4.69, 9.17) is 0 Å². The molecule has 0 aliphatic rings. The largest absolute Gasteiger partial charge is 0.349 e. The van der Waals surface area contributed by atoms with Gasteiger partial charge in [-0.15, -0.1) is 11.8 Å². The Morgan fingerprint density at radius 3 is 1.59 bits per heavy atom. The van der Waals surface area contributed by atoms with E-state index in [9.17, 15) is 0 Å². The third-order valence-electron chi connectivity index (χ3n) is 4.75. The summed E-state index contributed by atoms with van der Waals surface area (Å²) < 4.78 is -0.254. The summed E-state index contributed by atoms with van der Waals surface area (Å²) >= 11 is 1.97. The lowest BCUT2D eigenvalue weighted by molar-refractivity contribution is 0.887. The number of aromatic nitrogens is 2. The van der Waals surface area contributed by atoms with Crippen LogP contribution in [0.4, 0.5) is 0 Å². The van der Waals surface area contributed by atoms with Gasteiger partial charge in [0.15, 0.2) is 0 Å². The van der Waals surface area contributed by atoms with E-state index in [1.54, 1.807) is 0 Å². The monoisotopic (exact) mass is 370 g/mol. The second-order valence-electron chi connectivity index (χ2n) is 6.41. The van der Waals surface area contributed by atoms with Crippen LogP contribution in [0.3, 0.4) is 0 Å². The van der Waals surface area contributed by atoms with Gasteiger partial charge < -0.3 is 4.98 Å². The van der Waals surface area contributed by atoms with Gasteiger partial charge in [-0.2, -0.15) is 0 Å². The molecule has 2 nitrogen and oxygen atoms in total. The number of rotatable bonds is 7. The lowest BCUT2D eigenvalue weighted by Gasteiger charge is -2.35. The average Bonchev–Trinajstić information content (AvgIpc) is 3.27. The summed E-state index contributed by atoms with van der Waals surface area (Å²) in [6.07, 6.45) is 4.61. The molecular formula is C24H22N2S. The van der Waals surface area contributed by atoms with Crippen molar-refractivity contribution in [2.75, 3.05) is 5.75 Å². The molecule has 3 heteroatoms. The van der Waals surface area contributed by atoms with Gasteiger partial charge in [-0.25, -0.2) is 4.98 Å². The highest BCUT2D eigenvalue weighted by atomic mass is 32.2. The Morgan fingerprint density at radius 1 is 0.704 bits per heavy atom. The molecule has 27 heavy (non-hydrogen) atoms. The first-order valence-electron chi connectivity index (χ1n) is 9.18. The number of hydrogen-bond donors (Lipinski definition) is 1. The third-order valence-corrected chi connectivity index (χ3v) is 6.30. The van der Waals surface area contributed by atoms with Gasteiger partial charge in [0.2, 0.25) is 0 Å². The number of H-pyrrole nitrogens is 1. The van der Waals surface area contributed by atoms with Gasteiger partial charge in [0, 0.05) is 24.6 Å². The topological polar surface area (TPSA) is 28.7 Å². The SMILES string of the molecule is c1ccc(C(SCCc2ncc[nH]2)(c2ccccc2)c2ccccc2)cc1. The molecule has 0 aliphatic carbocycles. The van der Waals surface area contributed by atoms with Crippen molar-refractivity contribution in [3.05, 3.63) is 126 Å². The van der Waals surface area contributed by atoms with Crippen molar-refractivity contribution in [2.24, 2.45) is 0 Å². The number of thioether (sulfide) groups is 1. The number of nitrogens with zero attached hydrogens (tertiary/aromatic N) is 1. The summed E-state index contributed by atoms with van der Waals surface area (Å²) in [5.74, 6) is 2.00. The van der Waals surface area contributed by atoms with Crippen molar-refractivity contribution in [1.82, 2.24) is 9.97 Å². The lowest BCUT2D eigenvalue weighted by atomic mass is 9.84. The van der Waals surface area contributed by atoms with Crippen LogP contribution in [0.2, 0.25) is 0 Å². The second kappa shape index (κ2) is 8.28. The Kier molecular flexibility index (Phi) is 5.40. The van der Waals surface area contributed by atoms with E-state index in [-0.39, 0.29) is 4.75 Å². The average molecular weight is 371 g/mol. The minimum absolute atomic E-state index is 0.254. The van der Waals surface area contributed by atoms with E-state index in [1.807, 2.05) is 24.2 Å². The molecule has 1 aromatic heterocycles. The summed E-state index contributed by atoms with van der Waals surface area (Å²) in [5.41, 5.74) is 3.89. The molecule has 0 unspecified atom stereocenters. The zero-order chi connectivity index (χ0) is 18.4. The zero-order valence-electron chi connectivity index (χ0n) is 15.1. The molecular weight excluding hydrogens is 348 g/mol. The Hall–Kier alpha value is -2.78. The van der Waals surface area contributed by atoms with Crippen LogP contribution in [0.25, 0.3) is 0 Å². The fourth-order valence-corrected chi connectivity index (χ4v) is 5.01. The van der Waals surface area contributed by atoms with Gasteiger partial charge in [0.25, 0.3) is 0 Å². The Bertz CT molecular complexity index is 839. The van der Waals surface area contributed by atoms with Crippen LogP contribution in [0.15, 0.2) is 103 Å². The summed E-state index contributed by atoms with van der Waals surface area (Å²) in [6.45, 7) is 0. The van der Waals surface area contributed by atoms with Gasteiger partial charge in [-0.3, -0.25) is 0 Å². The van der Waals surface area contributed by atoms with Crippen molar-refractivity contribution in [3.8, 4) is 0 Å². The van der Waals surface area contributed by atoms with Crippen LogP contribution in [0.1, 0.15) is 22.5 Å². The molecule has 0 saturated heterocycles. The number of imidazole rings is 1. The molecule has 0 amide bonds. The minimum Gasteiger partial charge on any atom is -0.349 e. The van der Waals surface area contributed by atoms with E-state index < -0.39 is 0 Å². The molecule has 0 fully saturated rings. The van der Waals surface area contributed by atoms with Gasteiger partial charge in [-0.1, -0.05) is 91.0 Å².